The minimum absolute atomic E-state index is 0.00666. The molecule has 0 bridgehead atoms. The highest BCUT2D eigenvalue weighted by Crippen LogP contribution is 2.33. The molecule has 0 unspecified atom stereocenters. The highest BCUT2D eigenvalue weighted by atomic mass is 16.5. The maximum atomic E-state index is 11.2. The van der Waals surface area contributed by atoms with Crippen LogP contribution < -0.4 is 14.2 Å². The van der Waals surface area contributed by atoms with E-state index >= 15 is 0 Å². The number of pyridine rings is 1. The van der Waals surface area contributed by atoms with Crippen LogP contribution in [0.1, 0.15) is 29.8 Å². The van der Waals surface area contributed by atoms with Gasteiger partial charge < -0.3 is 14.2 Å². The van der Waals surface area contributed by atoms with E-state index in [0.717, 1.165) is 28.5 Å². The lowest BCUT2D eigenvalue weighted by Crippen LogP contribution is -2.10. The van der Waals surface area contributed by atoms with Crippen LogP contribution in [0, 0.1) is 0 Å². The average Bonchev–Trinajstić information content (AvgIpc) is 2.66. The monoisotopic (exact) mass is 351 g/mol. The quantitative estimate of drug-likeness (QED) is 0.590. The van der Waals surface area contributed by atoms with Gasteiger partial charge in [-0.2, -0.15) is 0 Å². The van der Waals surface area contributed by atoms with Crippen molar-refractivity contribution >= 4 is 17.2 Å². The zero-order valence-electron chi connectivity index (χ0n) is 15.1. The Hall–Kier alpha value is -3.08. The summed E-state index contributed by atoms with van der Waals surface area (Å²) in [5.74, 6) is 1.98. The van der Waals surface area contributed by atoms with E-state index in [0.29, 0.717) is 17.1 Å². The fourth-order valence-electron chi connectivity index (χ4n) is 2.66. The molecule has 5 heteroatoms. The first-order valence-corrected chi connectivity index (χ1v) is 8.41. The van der Waals surface area contributed by atoms with Crippen LogP contribution >= 0.6 is 0 Å². The Morgan fingerprint density at radius 2 is 1.96 bits per heavy atom. The van der Waals surface area contributed by atoms with E-state index < -0.39 is 0 Å². The number of ether oxygens (including phenoxy) is 3. The molecule has 1 aromatic heterocycles. The van der Waals surface area contributed by atoms with Crippen molar-refractivity contribution in [2.45, 2.75) is 26.6 Å². The van der Waals surface area contributed by atoms with Gasteiger partial charge in [0, 0.05) is 11.6 Å². The molecule has 0 aliphatic carbocycles. The molecule has 0 aliphatic heterocycles. The fourth-order valence-corrected chi connectivity index (χ4v) is 2.66. The van der Waals surface area contributed by atoms with Gasteiger partial charge in [-0.25, -0.2) is 0 Å². The number of hydrogen-bond donors (Lipinski definition) is 0. The zero-order chi connectivity index (χ0) is 18.5. The Morgan fingerprint density at radius 1 is 1.15 bits per heavy atom. The van der Waals surface area contributed by atoms with E-state index in [2.05, 4.69) is 4.98 Å². The van der Waals surface area contributed by atoms with Gasteiger partial charge in [-0.3, -0.25) is 9.78 Å². The predicted molar refractivity (Wildman–Crippen MR) is 100 cm³/mol. The molecule has 0 amide bonds. The molecule has 1 heterocycles. The van der Waals surface area contributed by atoms with Crippen LogP contribution in [0.5, 0.6) is 17.2 Å². The minimum Gasteiger partial charge on any atom is -0.497 e. The molecular weight excluding hydrogens is 330 g/mol. The number of benzene rings is 2. The second kappa shape index (κ2) is 7.87. The van der Waals surface area contributed by atoms with E-state index in [1.165, 1.54) is 0 Å². The first-order valence-electron chi connectivity index (χ1n) is 8.41. The van der Waals surface area contributed by atoms with Crippen LogP contribution in [0.25, 0.3) is 10.9 Å². The molecule has 0 N–H and O–H groups in total. The Bertz CT molecular complexity index is 921. The van der Waals surface area contributed by atoms with Crippen molar-refractivity contribution in [2.75, 3.05) is 7.11 Å². The molecular formula is C21H21NO4. The molecule has 0 saturated heterocycles. The summed E-state index contributed by atoms with van der Waals surface area (Å²) in [5.41, 5.74) is 2.13. The second-order valence-corrected chi connectivity index (χ2v) is 6.11. The van der Waals surface area contributed by atoms with E-state index in [1.54, 1.807) is 31.5 Å². The fraction of sp³-hybridized carbons (Fsp3) is 0.238. The Labute approximate surface area is 152 Å². The predicted octanol–water partition coefficient (Wildman–Crippen LogP) is 4.42. The maximum absolute atomic E-state index is 11.2. The maximum Gasteiger partial charge on any atom is 0.153 e. The third kappa shape index (κ3) is 3.77. The molecule has 0 fully saturated rings. The molecule has 134 valence electrons. The first-order chi connectivity index (χ1) is 12.6. The van der Waals surface area contributed by atoms with Crippen molar-refractivity contribution in [1.82, 2.24) is 4.98 Å². The van der Waals surface area contributed by atoms with Crippen LogP contribution in [0.2, 0.25) is 0 Å². The summed E-state index contributed by atoms with van der Waals surface area (Å²) in [6, 6.07) is 12.8. The number of aldehydes is 1. The molecule has 3 aromatic rings. The summed E-state index contributed by atoms with van der Waals surface area (Å²) < 4.78 is 17.2. The van der Waals surface area contributed by atoms with Crippen molar-refractivity contribution in [3.8, 4) is 17.2 Å². The van der Waals surface area contributed by atoms with E-state index in [9.17, 15) is 4.79 Å². The van der Waals surface area contributed by atoms with Crippen LogP contribution in [-0.4, -0.2) is 24.5 Å². The number of carbonyl (C=O) groups excluding carboxylic acids is 1. The van der Waals surface area contributed by atoms with Gasteiger partial charge in [0.05, 0.1) is 29.9 Å². The number of carbonyl (C=O) groups is 1. The molecule has 0 saturated carbocycles. The highest BCUT2D eigenvalue weighted by Gasteiger charge is 2.14. The van der Waals surface area contributed by atoms with Gasteiger partial charge >= 0.3 is 0 Å². The Kier molecular flexibility index (Phi) is 5.37. The van der Waals surface area contributed by atoms with Gasteiger partial charge in [-0.1, -0.05) is 12.1 Å². The highest BCUT2D eigenvalue weighted by molar-refractivity contribution is 5.87. The van der Waals surface area contributed by atoms with Crippen LogP contribution in [-0.2, 0) is 6.61 Å². The van der Waals surface area contributed by atoms with Gasteiger partial charge in [-0.05, 0) is 44.2 Å². The van der Waals surface area contributed by atoms with Crippen molar-refractivity contribution in [2.24, 2.45) is 0 Å². The topological polar surface area (TPSA) is 57.7 Å². The molecule has 26 heavy (non-hydrogen) atoms. The third-order valence-electron chi connectivity index (χ3n) is 3.88. The van der Waals surface area contributed by atoms with Crippen molar-refractivity contribution < 1.29 is 19.0 Å². The van der Waals surface area contributed by atoms with E-state index in [-0.39, 0.29) is 12.7 Å². The molecule has 3 rings (SSSR count). The molecule has 5 nitrogen and oxygen atoms in total. The van der Waals surface area contributed by atoms with E-state index in [1.807, 2.05) is 38.1 Å². The normalized spacial score (nSPS) is 10.8. The summed E-state index contributed by atoms with van der Waals surface area (Å²) >= 11 is 0. The largest absolute Gasteiger partial charge is 0.497 e. The lowest BCUT2D eigenvalue weighted by Gasteiger charge is -2.17. The number of aromatic nitrogens is 1. The molecule has 0 aliphatic rings. The number of hydrogen-bond acceptors (Lipinski definition) is 5. The lowest BCUT2D eigenvalue weighted by molar-refractivity contribution is 0.111. The number of para-hydroxylation sites is 1. The number of fused-ring (bicyclic) bond motifs is 1. The zero-order valence-corrected chi connectivity index (χ0v) is 15.1. The minimum atomic E-state index is -0.00666. The van der Waals surface area contributed by atoms with Gasteiger partial charge in [0.2, 0.25) is 0 Å². The number of nitrogens with zero attached hydrogens (tertiary/aromatic N) is 1. The summed E-state index contributed by atoms with van der Waals surface area (Å²) in [6.45, 7) is 4.19. The van der Waals surface area contributed by atoms with Gasteiger partial charge in [-0.15, -0.1) is 0 Å². The summed E-state index contributed by atoms with van der Waals surface area (Å²) in [6.07, 6.45) is 2.52. The smallest absolute Gasteiger partial charge is 0.153 e. The molecule has 2 aromatic carbocycles. The van der Waals surface area contributed by atoms with Gasteiger partial charge in [0.25, 0.3) is 0 Å². The Morgan fingerprint density at radius 3 is 2.69 bits per heavy atom. The van der Waals surface area contributed by atoms with Crippen molar-refractivity contribution in [3.05, 3.63) is 59.8 Å². The standard InChI is InChI=1S/C21H21NO4/c1-14(2)26-21-16(13-25-20-7-5-4-6-15(20)12-23)11-22-19-9-8-17(24-3)10-18(19)21/h4-12,14H,13H2,1-3H3. The molecule has 0 radical (unpaired) electrons. The van der Waals surface area contributed by atoms with Crippen molar-refractivity contribution in [3.63, 3.8) is 0 Å². The van der Waals surface area contributed by atoms with Crippen LogP contribution in [0.4, 0.5) is 0 Å². The van der Waals surface area contributed by atoms with Crippen LogP contribution in [0.15, 0.2) is 48.7 Å². The summed E-state index contributed by atoms with van der Waals surface area (Å²) in [7, 11) is 1.63. The third-order valence-corrected chi connectivity index (χ3v) is 3.88. The SMILES string of the molecule is COc1ccc2ncc(COc3ccccc3C=O)c(OC(C)C)c2c1. The number of rotatable bonds is 7. The number of methoxy groups -OCH3 is 1. The molecule has 0 spiro atoms. The summed E-state index contributed by atoms with van der Waals surface area (Å²) in [5, 5.41) is 0.864. The second-order valence-electron chi connectivity index (χ2n) is 6.11. The first kappa shape index (κ1) is 17.7. The van der Waals surface area contributed by atoms with Gasteiger partial charge in [0.1, 0.15) is 23.9 Å². The Balaban J connectivity index is 1.99. The van der Waals surface area contributed by atoms with Crippen molar-refractivity contribution in [1.29, 1.82) is 0 Å². The van der Waals surface area contributed by atoms with E-state index in [4.69, 9.17) is 14.2 Å². The lowest BCUT2D eigenvalue weighted by atomic mass is 10.1. The van der Waals surface area contributed by atoms with Gasteiger partial charge in [0.15, 0.2) is 6.29 Å². The van der Waals surface area contributed by atoms with Crippen LogP contribution in [0.3, 0.4) is 0 Å². The molecule has 0 atom stereocenters. The average molecular weight is 351 g/mol. The summed E-state index contributed by atoms with van der Waals surface area (Å²) in [4.78, 5) is 15.7.